The number of hydrogen-bond acceptors (Lipinski definition) is 4. The smallest absolute Gasteiger partial charge is 0.0835 e. The van der Waals surface area contributed by atoms with Gasteiger partial charge >= 0.3 is 0 Å². The molecule has 1 aromatic heterocycles. The molecule has 0 bridgehead atoms. The topological polar surface area (TPSA) is 55.9 Å². The molecule has 2 aromatic rings. The third-order valence-electron chi connectivity index (χ3n) is 3.25. The Morgan fingerprint density at radius 3 is 2.57 bits per heavy atom. The van der Waals surface area contributed by atoms with Gasteiger partial charge in [0.15, 0.2) is 0 Å². The third-order valence-corrected chi connectivity index (χ3v) is 4.64. The Labute approximate surface area is 135 Å². The molecule has 1 heterocycles. The molecule has 1 unspecified atom stereocenters. The summed E-state index contributed by atoms with van der Waals surface area (Å²) < 4.78 is 1.92. The van der Waals surface area contributed by atoms with Crippen LogP contribution in [0.4, 0.5) is 0 Å². The fourth-order valence-electron chi connectivity index (χ4n) is 2.11. The number of thioether (sulfide) groups is 1. The fourth-order valence-corrected chi connectivity index (χ4v) is 3.31. The Hall–Kier alpha value is -1.01. The summed E-state index contributed by atoms with van der Waals surface area (Å²) >= 11 is 8.02. The zero-order chi connectivity index (χ0) is 15.4. The van der Waals surface area contributed by atoms with E-state index in [2.05, 4.69) is 55.6 Å². The molecule has 0 saturated carbocycles. The van der Waals surface area contributed by atoms with Crippen molar-refractivity contribution in [1.29, 1.82) is 0 Å². The van der Waals surface area contributed by atoms with Gasteiger partial charge in [-0.1, -0.05) is 29.3 Å². The van der Waals surface area contributed by atoms with Crippen molar-refractivity contribution in [2.24, 2.45) is 5.84 Å². The number of nitrogens with one attached hydrogen (secondary N) is 1. The van der Waals surface area contributed by atoms with E-state index in [1.54, 1.807) is 18.0 Å². The first kappa shape index (κ1) is 16.4. The number of nitrogens with zero attached hydrogens (tertiary/aromatic N) is 2. The first-order valence-corrected chi connectivity index (χ1v) is 8.27. The van der Waals surface area contributed by atoms with Crippen LogP contribution in [-0.2, 0) is 0 Å². The van der Waals surface area contributed by atoms with Gasteiger partial charge in [-0.05, 0) is 32.9 Å². The first-order valence-electron chi connectivity index (χ1n) is 6.91. The summed E-state index contributed by atoms with van der Waals surface area (Å²) in [5, 5.41) is 4.98. The monoisotopic (exact) mass is 324 g/mol. The first-order chi connectivity index (χ1) is 10.0. The molecule has 0 amide bonds. The van der Waals surface area contributed by atoms with E-state index in [0.29, 0.717) is 5.02 Å². The lowest BCUT2D eigenvalue weighted by Gasteiger charge is -2.20. The lowest BCUT2D eigenvalue weighted by atomic mass is 10.2. The average molecular weight is 325 g/mol. The molecule has 114 valence electrons. The molecular weight excluding hydrogens is 304 g/mol. The standard InChI is InChI=1S/C15H21ClN4S/c1-10(2)20-15(13(16)8-18-20)14(19-17)9-21-12-6-4-11(3)5-7-12/h4-8,10,14,19H,9,17H2,1-3H3. The second kappa shape index (κ2) is 7.31. The number of hydrazine groups is 1. The highest BCUT2D eigenvalue weighted by atomic mass is 35.5. The summed E-state index contributed by atoms with van der Waals surface area (Å²) in [5.74, 6) is 6.52. The quantitative estimate of drug-likeness (QED) is 0.483. The molecule has 21 heavy (non-hydrogen) atoms. The van der Waals surface area contributed by atoms with Gasteiger partial charge in [-0.25, -0.2) is 0 Å². The van der Waals surface area contributed by atoms with E-state index >= 15 is 0 Å². The molecule has 0 fully saturated rings. The van der Waals surface area contributed by atoms with Crippen LogP contribution in [0.1, 0.15) is 37.2 Å². The highest BCUT2D eigenvalue weighted by molar-refractivity contribution is 7.99. The van der Waals surface area contributed by atoms with Gasteiger partial charge in [-0.15, -0.1) is 11.8 Å². The summed E-state index contributed by atoms with van der Waals surface area (Å²) in [4.78, 5) is 1.22. The molecule has 0 aliphatic rings. The maximum Gasteiger partial charge on any atom is 0.0835 e. The van der Waals surface area contributed by atoms with Crippen molar-refractivity contribution in [2.75, 3.05) is 5.75 Å². The second-order valence-electron chi connectivity index (χ2n) is 5.26. The molecule has 6 heteroatoms. The summed E-state index contributed by atoms with van der Waals surface area (Å²) in [6.45, 7) is 6.24. The van der Waals surface area contributed by atoms with Crippen LogP contribution in [0.2, 0.25) is 5.02 Å². The van der Waals surface area contributed by atoms with E-state index in [0.717, 1.165) is 11.4 Å². The van der Waals surface area contributed by atoms with Gasteiger partial charge < -0.3 is 0 Å². The molecule has 4 nitrogen and oxygen atoms in total. The van der Waals surface area contributed by atoms with Crippen LogP contribution in [0.5, 0.6) is 0 Å². The van der Waals surface area contributed by atoms with E-state index in [-0.39, 0.29) is 12.1 Å². The maximum atomic E-state index is 6.28. The number of halogens is 1. The van der Waals surface area contributed by atoms with E-state index in [4.69, 9.17) is 17.4 Å². The predicted octanol–water partition coefficient (Wildman–Crippen LogP) is 3.72. The van der Waals surface area contributed by atoms with Crippen molar-refractivity contribution < 1.29 is 0 Å². The normalized spacial score (nSPS) is 12.9. The molecule has 1 aromatic carbocycles. The molecular formula is C15H21ClN4S. The lowest BCUT2D eigenvalue weighted by molar-refractivity contribution is 0.468. The zero-order valence-corrected chi connectivity index (χ0v) is 14.1. The summed E-state index contributed by atoms with van der Waals surface area (Å²) in [7, 11) is 0. The maximum absolute atomic E-state index is 6.28. The molecule has 0 spiro atoms. The molecule has 1 atom stereocenters. The molecule has 0 aliphatic carbocycles. The van der Waals surface area contributed by atoms with E-state index in [9.17, 15) is 0 Å². The Morgan fingerprint density at radius 2 is 2.00 bits per heavy atom. The van der Waals surface area contributed by atoms with Crippen molar-refractivity contribution >= 4 is 23.4 Å². The van der Waals surface area contributed by atoms with Gasteiger partial charge in [0.05, 0.1) is 23.0 Å². The van der Waals surface area contributed by atoms with Crippen molar-refractivity contribution in [2.45, 2.75) is 37.8 Å². The van der Waals surface area contributed by atoms with Gasteiger partial charge in [-0.2, -0.15) is 5.10 Å². The van der Waals surface area contributed by atoms with Crippen LogP contribution in [0.3, 0.4) is 0 Å². The van der Waals surface area contributed by atoms with E-state index < -0.39 is 0 Å². The number of aromatic nitrogens is 2. The Morgan fingerprint density at radius 1 is 1.33 bits per heavy atom. The number of aryl methyl sites for hydroxylation is 1. The van der Waals surface area contributed by atoms with Crippen LogP contribution in [-0.4, -0.2) is 15.5 Å². The molecule has 2 rings (SSSR count). The summed E-state index contributed by atoms with van der Waals surface area (Å²) in [5.41, 5.74) is 5.05. The number of rotatable bonds is 6. The molecule has 0 saturated heterocycles. The number of hydrogen-bond donors (Lipinski definition) is 2. The zero-order valence-electron chi connectivity index (χ0n) is 12.5. The highest BCUT2D eigenvalue weighted by Gasteiger charge is 2.21. The van der Waals surface area contributed by atoms with Gasteiger partial charge in [0.1, 0.15) is 0 Å². The largest absolute Gasteiger partial charge is 0.271 e. The second-order valence-corrected chi connectivity index (χ2v) is 6.76. The van der Waals surface area contributed by atoms with Crippen LogP contribution in [0.25, 0.3) is 0 Å². The minimum atomic E-state index is -0.0475. The minimum absolute atomic E-state index is 0.0475. The minimum Gasteiger partial charge on any atom is -0.271 e. The van der Waals surface area contributed by atoms with E-state index in [1.807, 2.05) is 4.68 Å². The highest BCUT2D eigenvalue weighted by Crippen LogP contribution is 2.30. The van der Waals surface area contributed by atoms with Crippen LogP contribution in [0.15, 0.2) is 35.4 Å². The average Bonchev–Trinajstić information content (AvgIpc) is 2.84. The van der Waals surface area contributed by atoms with Gasteiger partial charge in [0.2, 0.25) is 0 Å². The van der Waals surface area contributed by atoms with Crippen LogP contribution >= 0.6 is 23.4 Å². The Bertz CT molecular complexity index is 580. The fraction of sp³-hybridized carbons (Fsp3) is 0.400. The SMILES string of the molecule is Cc1ccc(SCC(NN)c2c(Cl)cnn2C(C)C)cc1. The third kappa shape index (κ3) is 4.01. The number of benzene rings is 1. The van der Waals surface area contributed by atoms with Gasteiger partial charge in [-0.3, -0.25) is 16.0 Å². The Balaban J connectivity index is 2.13. The molecule has 3 N–H and O–H groups in total. The summed E-state index contributed by atoms with van der Waals surface area (Å²) in [6, 6.07) is 8.66. The van der Waals surface area contributed by atoms with Crippen molar-refractivity contribution in [3.63, 3.8) is 0 Å². The summed E-state index contributed by atoms with van der Waals surface area (Å²) in [6.07, 6.45) is 1.68. The molecule has 0 radical (unpaired) electrons. The predicted molar refractivity (Wildman–Crippen MR) is 89.6 cm³/mol. The van der Waals surface area contributed by atoms with Crippen LogP contribution < -0.4 is 11.3 Å². The van der Waals surface area contributed by atoms with Crippen molar-refractivity contribution in [3.05, 3.63) is 46.7 Å². The van der Waals surface area contributed by atoms with Crippen molar-refractivity contribution in [1.82, 2.24) is 15.2 Å². The Kier molecular flexibility index (Phi) is 5.70. The van der Waals surface area contributed by atoms with Crippen molar-refractivity contribution in [3.8, 4) is 0 Å². The van der Waals surface area contributed by atoms with E-state index in [1.165, 1.54) is 10.5 Å². The van der Waals surface area contributed by atoms with Crippen LogP contribution in [0, 0.1) is 6.92 Å². The number of nitrogens with two attached hydrogens (primary N) is 1. The lowest BCUT2D eigenvalue weighted by Crippen LogP contribution is -2.32. The van der Waals surface area contributed by atoms with Gasteiger partial charge in [0, 0.05) is 16.7 Å². The van der Waals surface area contributed by atoms with Gasteiger partial charge in [0.25, 0.3) is 0 Å². The molecule has 0 aliphatic heterocycles.